The smallest absolute Gasteiger partial charge is 0.434 e. The summed E-state index contributed by atoms with van der Waals surface area (Å²) in [5, 5.41) is 6.94. The number of nitrogens with one attached hydrogen (secondary N) is 2. The quantitative estimate of drug-likeness (QED) is 0.404. The van der Waals surface area contributed by atoms with Crippen molar-refractivity contribution in [3.63, 3.8) is 0 Å². The molecule has 0 bridgehead atoms. The third-order valence-corrected chi connectivity index (χ3v) is 4.23. The van der Waals surface area contributed by atoms with Crippen LogP contribution in [0.2, 0.25) is 0 Å². The van der Waals surface area contributed by atoms with E-state index in [2.05, 4.69) is 25.3 Å². The molecule has 0 amide bonds. The Morgan fingerprint density at radius 1 is 1.21 bits per heavy atom. The van der Waals surface area contributed by atoms with Crippen LogP contribution >= 0.6 is 11.3 Å². The predicted octanol–water partition coefficient (Wildman–Crippen LogP) is 3.64. The van der Waals surface area contributed by atoms with E-state index in [1.807, 2.05) is 0 Å². The Morgan fingerprint density at radius 3 is 2.50 bits per heavy atom. The fourth-order valence-electron chi connectivity index (χ4n) is 2.11. The first-order valence-electron chi connectivity index (χ1n) is 7.80. The number of benzene rings is 1. The monoisotopic (exact) mass is 424 g/mol. The predicted molar refractivity (Wildman–Crippen MR) is 93.8 cm³/mol. The van der Waals surface area contributed by atoms with Crippen molar-refractivity contribution in [2.75, 3.05) is 14.2 Å². The van der Waals surface area contributed by atoms with Crippen molar-refractivity contribution < 1.29 is 31.4 Å². The summed E-state index contributed by atoms with van der Waals surface area (Å²) in [6.07, 6.45) is -4.49. The molecule has 0 aliphatic rings. The summed E-state index contributed by atoms with van der Waals surface area (Å²) < 4.78 is 72.0. The minimum absolute atomic E-state index is 0.0444. The molecule has 0 saturated carbocycles. The summed E-state index contributed by atoms with van der Waals surface area (Å²) in [6.45, 7) is -2.75. The summed E-state index contributed by atoms with van der Waals surface area (Å²) in [7, 11) is 2.82. The maximum atomic E-state index is 12.6. The molecule has 6 nitrogen and oxygen atoms in total. The molecule has 0 spiro atoms. The Labute approximate surface area is 161 Å². The number of aliphatic imine (C=N–C) groups is 1. The standard InChI is InChI=1S/C16H17F5N4O2S/c1-22-15(24-7-13-25-12(8-28-13)16(19,20)21)23-6-9-3-4-10(26-2)11(5-9)27-14(17)18/h3-5,8,14H,6-7H2,1-2H3,(H2,22,23,24). The second-order valence-electron chi connectivity index (χ2n) is 5.27. The Hall–Kier alpha value is -2.63. The van der Waals surface area contributed by atoms with Crippen LogP contribution in [0.3, 0.4) is 0 Å². The van der Waals surface area contributed by atoms with Crippen LogP contribution in [0.4, 0.5) is 22.0 Å². The van der Waals surface area contributed by atoms with Gasteiger partial charge in [0, 0.05) is 19.0 Å². The van der Waals surface area contributed by atoms with E-state index in [1.54, 1.807) is 6.07 Å². The molecule has 0 atom stereocenters. The number of hydrogen-bond acceptors (Lipinski definition) is 5. The van der Waals surface area contributed by atoms with Gasteiger partial charge in [0.05, 0.1) is 13.7 Å². The van der Waals surface area contributed by atoms with Gasteiger partial charge in [0.1, 0.15) is 5.01 Å². The first-order chi connectivity index (χ1) is 13.2. The van der Waals surface area contributed by atoms with Gasteiger partial charge in [-0.15, -0.1) is 11.3 Å². The van der Waals surface area contributed by atoms with Gasteiger partial charge in [-0.3, -0.25) is 4.99 Å². The third-order valence-electron chi connectivity index (χ3n) is 3.38. The summed E-state index contributed by atoms with van der Waals surface area (Å²) in [6, 6.07) is 4.52. The fraction of sp³-hybridized carbons (Fsp3) is 0.375. The molecule has 0 aliphatic carbocycles. The second kappa shape index (κ2) is 9.53. The molecule has 2 aromatic rings. The fourth-order valence-corrected chi connectivity index (χ4v) is 2.85. The van der Waals surface area contributed by atoms with E-state index >= 15 is 0 Å². The molecular formula is C16H17F5N4O2S. The van der Waals surface area contributed by atoms with E-state index in [-0.39, 0.29) is 29.6 Å². The molecule has 1 heterocycles. The van der Waals surface area contributed by atoms with Crippen molar-refractivity contribution in [2.24, 2.45) is 4.99 Å². The SMILES string of the molecule is CN=C(NCc1ccc(OC)c(OC(F)F)c1)NCc1nc(C(F)(F)F)cs1. The number of aromatic nitrogens is 1. The Balaban J connectivity index is 1.94. The van der Waals surface area contributed by atoms with Gasteiger partial charge < -0.3 is 20.1 Å². The number of guanidine groups is 1. The first kappa shape index (κ1) is 21.7. The Morgan fingerprint density at radius 2 is 1.93 bits per heavy atom. The maximum Gasteiger partial charge on any atom is 0.434 e. The van der Waals surface area contributed by atoms with Crippen LogP contribution in [0, 0.1) is 0 Å². The number of hydrogen-bond donors (Lipinski definition) is 2. The van der Waals surface area contributed by atoms with E-state index in [4.69, 9.17) is 4.74 Å². The van der Waals surface area contributed by atoms with Crippen molar-refractivity contribution >= 4 is 17.3 Å². The summed E-state index contributed by atoms with van der Waals surface area (Å²) in [5.41, 5.74) is -0.338. The Kier molecular flexibility index (Phi) is 7.38. The van der Waals surface area contributed by atoms with Gasteiger partial charge in [-0.25, -0.2) is 4.98 Å². The molecule has 1 aromatic heterocycles. The zero-order chi connectivity index (χ0) is 20.7. The third kappa shape index (κ3) is 6.22. The minimum atomic E-state index is -4.49. The highest BCUT2D eigenvalue weighted by Crippen LogP contribution is 2.30. The van der Waals surface area contributed by atoms with E-state index in [0.29, 0.717) is 11.5 Å². The molecule has 154 valence electrons. The number of methoxy groups -OCH3 is 1. The van der Waals surface area contributed by atoms with Crippen LogP contribution in [-0.4, -0.2) is 31.7 Å². The Bertz CT molecular complexity index is 811. The summed E-state index contributed by atoms with van der Waals surface area (Å²) in [5.74, 6) is 0.355. The van der Waals surface area contributed by atoms with Gasteiger partial charge >= 0.3 is 12.8 Å². The summed E-state index contributed by atoms with van der Waals surface area (Å²) >= 11 is 0.877. The van der Waals surface area contributed by atoms with Crippen molar-refractivity contribution in [1.82, 2.24) is 15.6 Å². The molecule has 2 rings (SSSR count). The molecule has 2 N–H and O–H groups in total. The maximum absolute atomic E-state index is 12.6. The lowest BCUT2D eigenvalue weighted by Gasteiger charge is -2.14. The molecule has 1 aromatic carbocycles. The zero-order valence-electron chi connectivity index (χ0n) is 14.8. The molecule has 0 radical (unpaired) electrons. The zero-order valence-corrected chi connectivity index (χ0v) is 15.6. The number of ether oxygens (including phenoxy) is 2. The van der Waals surface area contributed by atoms with Crippen molar-refractivity contribution in [2.45, 2.75) is 25.9 Å². The lowest BCUT2D eigenvalue weighted by atomic mass is 10.2. The van der Waals surface area contributed by atoms with Crippen molar-refractivity contribution in [1.29, 1.82) is 0 Å². The van der Waals surface area contributed by atoms with E-state index in [1.165, 1.54) is 26.3 Å². The summed E-state index contributed by atoms with van der Waals surface area (Å²) in [4.78, 5) is 7.46. The normalized spacial score (nSPS) is 12.2. The van der Waals surface area contributed by atoms with Crippen LogP contribution in [0.25, 0.3) is 0 Å². The van der Waals surface area contributed by atoms with Crippen LogP contribution in [0.1, 0.15) is 16.3 Å². The van der Waals surface area contributed by atoms with Crippen molar-refractivity contribution in [3.8, 4) is 11.5 Å². The molecule has 0 unspecified atom stereocenters. The van der Waals surface area contributed by atoms with Crippen molar-refractivity contribution in [3.05, 3.63) is 39.8 Å². The lowest BCUT2D eigenvalue weighted by Crippen LogP contribution is -2.36. The molecule has 28 heavy (non-hydrogen) atoms. The van der Waals surface area contributed by atoms with Crippen LogP contribution in [0.15, 0.2) is 28.6 Å². The molecule has 12 heteroatoms. The number of alkyl halides is 5. The topological polar surface area (TPSA) is 67.8 Å². The molecule has 0 aliphatic heterocycles. The van der Waals surface area contributed by atoms with E-state index in [0.717, 1.165) is 16.7 Å². The highest BCUT2D eigenvalue weighted by atomic mass is 32.1. The van der Waals surface area contributed by atoms with Gasteiger partial charge in [0.2, 0.25) is 0 Å². The van der Waals surface area contributed by atoms with Crippen LogP contribution in [0.5, 0.6) is 11.5 Å². The molecule has 0 saturated heterocycles. The number of rotatable bonds is 7. The minimum Gasteiger partial charge on any atom is -0.493 e. The van der Waals surface area contributed by atoms with Crippen LogP contribution < -0.4 is 20.1 Å². The van der Waals surface area contributed by atoms with Gasteiger partial charge in [-0.05, 0) is 17.7 Å². The highest BCUT2D eigenvalue weighted by molar-refractivity contribution is 7.09. The second-order valence-corrected chi connectivity index (χ2v) is 6.21. The first-order valence-corrected chi connectivity index (χ1v) is 8.68. The number of nitrogens with zero attached hydrogens (tertiary/aromatic N) is 2. The van der Waals surface area contributed by atoms with Gasteiger partial charge in [-0.1, -0.05) is 6.07 Å². The van der Waals surface area contributed by atoms with Gasteiger partial charge in [-0.2, -0.15) is 22.0 Å². The molecular weight excluding hydrogens is 407 g/mol. The lowest BCUT2D eigenvalue weighted by molar-refractivity contribution is -0.140. The molecule has 0 fully saturated rings. The van der Waals surface area contributed by atoms with Crippen LogP contribution in [-0.2, 0) is 19.3 Å². The van der Waals surface area contributed by atoms with Gasteiger partial charge in [0.15, 0.2) is 23.2 Å². The largest absolute Gasteiger partial charge is 0.493 e. The number of halogens is 5. The highest BCUT2D eigenvalue weighted by Gasteiger charge is 2.33. The average molecular weight is 424 g/mol. The van der Waals surface area contributed by atoms with E-state index in [9.17, 15) is 22.0 Å². The average Bonchev–Trinajstić information content (AvgIpc) is 3.11. The number of thiazole rings is 1. The van der Waals surface area contributed by atoms with Gasteiger partial charge in [0.25, 0.3) is 0 Å². The van der Waals surface area contributed by atoms with E-state index < -0.39 is 18.5 Å².